The first kappa shape index (κ1) is 16.8. The van der Waals surface area contributed by atoms with Gasteiger partial charge >= 0.3 is 0 Å². The van der Waals surface area contributed by atoms with Crippen LogP contribution in [-0.4, -0.2) is 10.7 Å². The zero-order valence-electron chi connectivity index (χ0n) is 15.1. The van der Waals surface area contributed by atoms with E-state index in [2.05, 4.69) is 86.9 Å². The van der Waals surface area contributed by atoms with Crippen molar-refractivity contribution in [3.05, 3.63) is 71.4 Å². The summed E-state index contributed by atoms with van der Waals surface area (Å²) in [6.07, 6.45) is 2.25. The summed E-state index contributed by atoms with van der Waals surface area (Å²) in [4.78, 5) is 0. The third kappa shape index (κ3) is 3.39. The van der Waals surface area contributed by atoms with E-state index in [9.17, 15) is 0 Å². The van der Waals surface area contributed by atoms with Gasteiger partial charge in [0.15, 0.2) is 6.23 Å². The summed E-state index contributed by atoms with van der Waals surface area (Å²) in [6.45, 7) is 8.56. The number of hydrogen-bond acceptors (Lipinski definition) is 1. The largest absolute Gasteiger partial charge is 0.351 e. The molecular formula is C22H27NO. The van der Waals surface area contributed by atoms with Crippen molar-refractivity contribution in [1.29, 1.82) is 0 Å². The van der Waals surface area contributed by atoms with E-state index in [4.69, 9.17) is 4.74 Å². The smallest absolute Gasteiger partial charge is 0.160 e. The first-order chi connectivity index (χ1) is 11.6. The molecule has 0 aliphatic carbocycles. The molecule has 0 amide bonds. The van der Waals surface area contributed by atoms with Gasteiger partial charge in [-0.25, -0.2) is 0 Å². The molecule has 3 aromatic rings. The maximum atomic E-state index is 6.38. The lowest BCUT2D eigenvalue weighted by molar-refractivity contribution is -0.00977. The minimum atomic E-state index is -0.0907. The number of aryl methyl sites for hydroxylation is 2. The number of hydrogen-bond donors (Lipinski definition) is 0. The number of para-hydroxylation sites is 1. The van der Waals surface area contributed by atoms with Crippen LogP contribution in [0.25, 0.3) is 10.9 Å². The lowest BCUT2D eigenvalue weighted by atomic mass is 10.1. The molecule has 0 N–H and O–H groups in total. The van der Waals surface area contributed by atoms with Crippen molar-refractivity contribution in [2.45, 2.75) is 52.9 Å². The molecule has 3 rings (SSSR count). The molecule has 0 saturated carbocycles. The molecule has 0 spiro atoms. The van der Waals surface area contributed by atoms with Crippen molar-refractivity contribution in [2.24, 2.45) is 0 Å². The fourth-order valence-corrected chi connectivity index (χ4v) is 3.24. The molecule has 1 unspecified atom stereocenters. The topological polar surface area (TPSA) is 14.2 Å². The average molecular weight is 321 g/mol. The van der Waals surface area contributed by atoms with Crippen molar-refractivity contribution in [3.63, 3.8) is 0 Å². The molecule has 0 aliphatic heterocycles. The Kier molecular flexibility index (Phi) is 5.06. The van der Waals surface area contributed by atoms with Crippen LogP contribution in [0.3, 0.4) is 0 Å². The molecule has 2 aromatic carbocycles. The van der Waals surface area contributed by atoms with Crippen LogP contribution < -0.4 is 0 Å². The molecular weight excluding hydrogens is 294 g/mol. The highest BCUT2D eigenvalue weighted by Crippen LogP contribution is 2.31. The molecule has 0 radical (unpaired) electrons. The Morgan fingerprint density at radius 2 is 1.71 bits per heavy atom. The standard InChI is InChI=1S/C22H27NO/c1-5-8-20-15-19-9-6-7-10-21(19)23(20)22(24-16(2)3)18-13-11-17(4)12-14-18/h6-7,9-16,22H,5,8H2,1-4H3. The van der Waals surface area contributed by atoms with Crippen LogP contribution in [0.1, 0.15) is 50.2 Å². The summed E-state index contributed by atoms with van der Waals surface area (Å²) in [6, 6.07) is 19.6. The maximum absolute atomic E-state index is 6.38. The first-order valence-corrected chi connectivity index (χ1v) is 8.91. The van der Waals surface area contributed by atoms with Gasteiger partial charge in [0.1, 0.15) is 0 Å². The van der Waals surface area contributed by atoms with Crippen LogP contribution in [0, 0.1) is 6.92 Å². The molecule has 0 saturated heterocycles. The zero-order chi connectivity index (χ0) is 17.1. The fourth-order valence-electron chi connectivity index (χ4n) is 3.24. The summed E-state index contributed by atoms with van der Waals surface area (Å²) in [5.74, 6) is 0. The first-order valence-electron chi connectivity index (χ1n) is 8.91. The van der Waals surface area contributed by atoms with Crippen LogP contribution in [0.4, 0.5) is 0 Å². The summed E-state index contributed by atoms with van der Waals surface area (Å²) >= 11 is 0. The number of rotatable bonds is 6. The Bertz CT molecular complexity index is 798. The van der Waals surface area contributed by atoms with Crippen molar-refractivity contribution in [3.8, 4) is 0 Å². The SMILES string of the molecule is CCCc1cc2ccccc2n1C(OC(C)C)c1ccc(C)cc1. The quantitative estimate of drug-likeness (QED) is 0.553. The van der Waals surface area contributed by atoms with Gasteiger partial charge in [0.05, 0.1) is 11.6 Å². The van der Waals surface area contributed by atoms with Crippen molar-refractivity contribution in [1.82, 2.24) is 4.57 Å². The van der Waals surface area contributed by atoms with Crippen LogP contribution in [0.5, 0.6) is 0 Å². The van der Waals surface area contributed by atoms with E-state index in [1.165, 1.54) is 27.7 Å². The molecule has 24 heavy (non-hydrogen) atoms. The molecule has 1 heterocycles. The highest BCUT2D eigenvalue weighted by molar-refractivity contribution is 5.81. The molecule has 0 bridgehead atoms. The Hall–Kier alpha value is -2.06. The van der Waals surface area contributed by atoms with Crippen molar-refractivity contribution < 1.29 is 4.74 Å². The second-order valence-electron chi connectivity index (χ2n) is 6.76. The number of aromatic nitrogens is 1. The second kappa shape index (κ2) is 7.23. The molecule has 2 heteroatoms. The Morgan fingerprint density at radius 3 is 2.38 bits per heavy atom. The minimum Gasteiger partial charge on any atom is -0.351 e. The fraction of sp³-hybridized carbons (Fsp3) is 0.364. The predicted molar refractivity (Wildman–Crippen MR) is 101 cm³/mol. The van der Waals surface area contributed by atoms with Gasteiger partial charge in [-0.2, -0.15) is 0 Å². The zero-order valence-corrected chi connectivity index (χ0v) is 15.1. The van der Waals surface area contributed by atoms with E-state index in [-0.39, 0.29) is 12.3 Å². The monoisotopic (exact) mass is 321 g/mol. The van der Waals surface area contributed by atoms with Gasteiger partial charge in [-0.05, 0) is 44.7 Å². The molecule has 1 atom stereocenters. The third-order valence-corrected chi connectivity index (χ3v) is 4.33. The Labute approximate surface area is 145 Å². The van der Waals surface area contributed by atoms with Gasteiger partial charge in [-0.15, -0.1) is 0 Å². The van der Waals surface area contributed by atoms with Gasteiger partial charge in [-0.1, -0.05) is 61.4 Å². The average Bonchev–Trinajstić information content (AvgIpc) is 2.91. The van der Waals surface area contributed by atoms with Crippen molar-refractivity contribution >= 4 is 10.9 Å². The molecule has 0 aliphatic rings. The van der Waals surface area contributed by atoms with Gasteiger partial charge < -0.3 is 9.30 Å². The van der Waals surface area contributed by atoms with Crippen LogP contribution in [0.2, 0.25) is 0 Å². The van der Waals surface area contributed by atoms with Gasteiger partial charge in [0.25, 0.3) is 0 Å². The van der Waals surface area contributed by atoms with E-state index in [0.717, 1.165) is 12.8 Å². The predicted octanol–water partition coefficient (Wildman–Crippen LogP) is 5.87. The van der Waals surface area contributed by atoms with E-state index < -0.39 is 0 Å². The highest BCUT2D eigenvalue weighted by Gasteiger charge is 2.21. The van der Waals surface area contributed by atoms with E-state index in [1.807, 2.05) is 0 Å². The molecule has 126 valence electrons. The van der Waals surface area contributed by atoms with Gasteiger partial charge in [0, 0.05) is 11.3 Å². The summed E-state index contributed by atoms with van der Waals surface area (Å²) in [7, 11) is 0. The number of ether oxygens (including phenoxy) is 1. The van der Waals surface area contributed by atoms with Gasteiger partial charge in [-0.3, -0.25) is 0 Å². The number of nitrogens with zero attached hydrogens (tertiary/aromatic N) is 1. The summed E-state index contributed by atoms with van der Waals surface area (Å²) in [5.41, 5.74) is 5.05. The third-order valence-electron chi connectivity index (χ3n) is 4.33. The van der Waals surface area contributed by atoms with Crippen LogP contribution >= 0.6 is 0 Å². The molecule has 1 aromatic heterocycles. The number of fused-ring (bicyclic) bond motifs is 1. The normalized spacial score (nSPS) is 12.9. The minimum absolute atomic E-state index is 0.0907. The van der Waals surface area contributed by atoms with E-state index >= 15 is 0 Å². The number of benzene rings is 2. The van der Waals surface area contributed by atoms with Crippen molar-refractivity contribution in [2.75, 3.05) is 0 Å². The molecule has 2 nitrogen and oxygen atoms in total. The lowest BCUT2D eigenvalue weighted by Gasteiger charge is -2.26. The van der Waals surface area contributed by atoms with E-state index in [0.29, 0.717) is 0 Å². The van der Waals surface area contributed by atoms with E-state index in [1.54, 1.807) is 0 Å². The summed E-state index contributed by atoms with van der Waals surface area (Å²) < 4.78 is 8.76. The highest BCUT2D eigenvalue weighted by atomic mass is 16.5. The second-order valence-corrected chi connectivity index (χ2v) is 6.76. The summed E-state index contributed by atoms with van der Waals surface area (Å²) in [5, 5.41) is 1.28. The maximum Gasteiger partial charge on any atom is 0.160 e. The Morgan fingerprint density at radius 1 is 1.00 bits per heavy atom. The Balaban J connectivity index is 2.17. The van der Waals surface area contributed by atoms with Crippen LogP contribution in [-0.2, 0) is 11.2 Å². The lowest BCUT2D eigenvalue weighted by Crippen LogP contribution is -2.20. The van der Waals surface area contributed by atoms with Gasteiger partial charge in [0.2, 0.25) is 0 Å². The van der Waals surface area contributed by atoms with Crippen LogP contribution in [0.15, 0.2) is 54.6 Å². The molecule has 0 fully saturated rings.